The van der Waals surface area contributed by atoms with E-state index in [2.05, 4.69) is 53.2 Å². The van der Waals surface area contributed by atoms with E-state index in [9.17, 15) is 0 Å². The summed E-state index contributed by atoms with van der Waals surface area (Å²) in [6.07, 6.45) is 2.52. The summed E-state index contributed by atoms with van der Waals surface area (Å²) in [4.78, 5) is 2.18. The summed E-state index contributed by atoms with van der Waals surface area (Å²) in [7, 11) is 0. The zero-order chi connectivity index (χ0) is 13.5. The first-order valence-corrected chi connectivity index (χ1v) is 8.29. The second-order valence-corrected chi connectivity index (χ2v) is 6.11. The molecule has 1 aromatic rings. The van der Waals surface area contributed by atoms with Gasteiger partial charge in [0.25, 0.3) is 0 Å². The van der Waals surface area contributed by atoms with Gasteiger partial charge in [0.2, 0.25) is 0 Å². The van der Waals surface area contributed by atoms with E-state index in [-0.39, 0.29) is 6.61 Å². The van der Waals surface area contributed by atoms with Crippen LogP contribution in [0.3, 0.4) is 0 Å². The van der Waals surface area contributed by atoms with Gasteiger partial charge in [-0.3, -0.25) is 0 Å². The maximum atomic E-state index is 9.04. The van der Waals surface area contributed by atoms with Gasteiger partial charge in [-0.25, -0.2) is 0 Å². The van der Waals surface area contributed by atoms with E-state index in [0.29, 0.717) is 12.6 Å². The lowest BCUT2D eigenvalue weighted by Gasteiger charge is -2.25. The highest BCUT2D eigenvalue weighted by atomic mass is 32.2. The number of rotatable bonds is 6. The Bertz CT molecular complexity index is 363. The van der Waals surface area contributed by atoms with Gasteiger partial charge >= 0.3 is 0 Å². The van der Waals surface area contributed by atoms with Crippen LogP contribution in [0.5, 0.6) is 0 Å². The largest absolute Gasteiger partial charge is 0.395 e. The van der Waals surface area contributed by atoms with Gasteiger partial charge in [0.1, 0.15) is 0 Å². The SMILES string of the molecule is CCN(CCO)c1ccc(NC2CCSCC2)cc1. The third-order valence-corrected chi connectivity index (χ3v) is 4.62. The van der Waals surface area contributed by atoms with E-state index in [1.54, 1.807) is 0 Å². The summed E-state index contributed by atoms with van der Waals surface area (Å²) in [5, 5.41) is 12.7. The first-order valence-electron chi connectivity index (χ1n) is 7.13. The minimum atomic E-state index is 0.202. The number of likely N-dealkylation sites (N-methyl/N-ethyl adjacent to an activating group) is 1. The van der Waals surface area contributed by atoms with Crippen LogP contribution in [0.15, 0.2) is 24.3 Å². The molecule has 0 radical (unpaired) electrons. The lowest BCUT2D eigenvalue weighted by atomic mass is 10.1. The Morgan fingerprint density at radius 2 is 1.95 bits per heavy atom. The standard InChI is InChI=1S/C15H24N2OS/c1-2-17(9-10-18)15-5-3-13(4-6-15)16-14-7-11-19-12-8-14/h3-6,14,16,18H,2,7-12H2,1H3. The average molecular weight is 280 g/mol. The van der Waals surface area contributed by atoms with Gasteiger partial charge in [0, 0.05) is 30.5 Å². The maximum Gasteiger partial charge on any atom is 0.0606 e. The van der Waals surface area contributed by atoms with Gasteiger partial charge in [-0.15, -0.1) is 0 Å². The molecule has 2 N–H and O–H groups in total. The molecule has 3 nitrogen and oxygen atoms in total. The number of benzene rings is 1. The van der Waals surface area contributed by atoms with Gasteiger partial charge in [-0.2, -0.15) is 11.8 Å². The Labute approximate surface area is 120 Å². The fourth-order valence-electron chi connectivity index (χ4n) is 2.44. The van der Waals surface area contributed by atoms with Crippen molar-refractivity contribution >= 4 is 23.1 Å². The predicted molar refractivity (Wildman–Crippen MR) is 85.4 cm³/mol. The number of hydrogen-bond donors (Lipinski definition) is 2. The zero-order valence-electron chi connectivity index (χ0n) is 11.6. The number of nitrogens with one attached hydrogen (secondary N) is 1. The molecular weight excluding hydrogens is 256 g/mol. The number of anilines is 2. The highest BCUT2D eigenvalue weighted by molar-refractivity contribution is 7.99. The van der Waals surface area contributed by atoms with E-state index in [1.807, 2.05) is 0 Å². The third-order valence-electron chi connectivity index (χ3n) is 3.58. The number of nitrogens with zero attached hydrogens (tertiary/aromatic N) is 1. The molecule has 0 saturated carbocycles. The first kappa shape index (κ1) is 14.5. The van der Waals surface area contributed by atoms with Crippen molar-refractivity contribution in [1.82, 2.24) is 0 Å². The van der Waals surface area contributed by atoms with E-state index < -0.39 is 0 Å². The molecule has 2 rings (SSSR count). The molecule has 1 heterocycles. The van der Waals surface area contributed by atoms with Crippen molar-refractivity contribution in [2.75, 3.05) is 41.4 Å². The van der Waals surface area contributed by atoms with E-state index >= 15 is 0 Å². The molecule has 4 heteroatoms. The molecule has 0 amide bonds. The van der Waals surface area contributed by atoms with Crippen LogP contribution in [0.2, 0.25) is 0 Å². The minimum Gasteiger partial charge on any atom is -0.395 e. The average Bonchev–Trinajstić information content (AvgIpc) is 2.47. The molecule has 0 bridgehead atoms. The Balaban J connectivity index is 1.93. The van der Waals surface area contributed by atoms with Crippen LogP contribution in [0.4, 0.5) is 11.4 Å². The minimum absolute atomic E-state index is 0.202. The Morgan fingerprint density at radius 3 is 2.53 bits per heavy atom. The first-order chi connectivity index (χ1) is 9.33. The van der Waals surface area contributed by atoms with Gasteiger partial charge in [0.05, 0.1) is 6.61 Å². The molecule has 1 aliphatic rings. The van der Waals surface area contributed by atoms with Gasteiger partial charge in [-0.1, -0.05) is 0 Å². The topological polar surface area (TPSA) is 35.5 Å². The van der Waals surface area contributed by atoms with Crippen LogP contribution in [0, 0.1) is 0 Å². The molecule has 1 saturated heterocycles. The molecule has 0 spiro atoms. The Hall–Kier alpha value is -0.870. The molecule has 106 valence electrons. The third kappa shape index (κ3) is 4.32. The van der Waals surface area contributed by atoms with Crippen molar-refractivity contribution in [1.29, 1.82) is 0 Å². The Morgan fingerprint density at radius 1 is 1.26 bits per heavy atom. The van der Waals surface area contributed by atoms with Crippen molar-refractivity contribution in [3.63, 3.8) is 0 Å². The lowest BCUT2D eigenvalue weighted by Crippen LogP contribution is -2.26. The molecule has 0 unspecified atom stereocenters. The molecule has 1 aliphatic heterocycles. The van der Waals surface area contributed by atoms with E-state index in [4.69, 9.17) is 5.11 Å². The number of thioether (sulfide) groups is 1. The second kappa shape index (κ2) is 7.65. The van der Waals surface area contributed by atoms with Crippen LogP contribution >= 0.6 is 11.8 Å². The number of aliphatic hydroxyl groups is 1. The summed E-state index contributed by atoms with van der Waals surface area (Å²) >= 11 is 2.05. The van der Waals surface area contributed by atoms with Crippen LogP contribution in [-0.4, -0.2) is 42.4 Å². The summed E-state index contributed by atoms with van der Waals surface area (Å²) in [6.45, 7) is 3.94. The zero-order valence-corrected chi connectivity index (χ0v) is 12.5. The monoisotopic (exact) mass is 280 g/mol. The fourth-order valence-corrected chi connectivity index (χ4v) is 3.54. The number of hydrogen-bond acceptors (Lipinski definition) is 4. The molecule has 0 atom stereocenters. The number of aliphatic hydroxyl groups excluding tert-OH is 1. The fraction of sp³-hybridized carbons (Fsp3) is 0.600. The molecular formula is C15H24N2OS. The summed E-state index contributed by atoms with van der Waals surface area (Å²) < 4.78 is 0. The molecule has 1 fully saturated rings. The van der Waals surface area contributed by atoms with Crippen molar-refractivity contribution in [2.45, 2.75) is 25.8 Å². The second-order valence-electron chi connectivity index (χ2n) is 4.88. The van der Waals surface area contributed by atoms with Crippen LogP contribution in [-0.2, 0) is 0 Å². The predicted octanol–water partition coefficient (Wildman–Crippen LogP) is 2.81. The van der Waals surface area contributed by atoms with Gasteiger partial charge in [0.15, 0.2) is 0 Å². The van der Waals surface area contributed by atoms with Crippen molar-refractivity contribution in [2.24, 2.45) is 0 Å². The highest BCUT2D eigenvalue weighted by Gasteiger charge is 2.13. The van der Waals surface area contributed by atoms with Gasteiger partial charge < -0.3 is 15.3 Å². The molecule has 0 aromatic heterocycles. The van der Waals surface area contributed by atoms with Crippen LogP contribution in [0.1, 0.15) is 19.8 Å². The smallest absolute Gasteiger partial charge is 0.0606 e. The summed E-state index contributed by atoms with van der Waals surface area (Å²) in [6, 6.07) is 9.21. The van der Waals surface area contributed by atoms with Gasteiger partial charge in [-0.05, 0) is 55.5 Å². The molecule has 19 heavy (non-hydrogen) atoms. The van der Waals surface area contributed by atoms with Crippen molar-refractivity contribution in [3.8, 4) is 0 Å². The maximum absolute atomic E-state index is 9.04. The van der Waals surface area contributed by atoms with Crippen LogP contribution in [0.25, 0.3) is 0 Å². The molecule has 1 aromatic carbocycles. The van der Waals surface area contributed by atoms with Crippen LogP contribution < -0.4 is 10.2 Å². The van der Waals surface area contributed by atoms with Crippen molar-refractivity contribution in [3.05, 3.63) is 24.3 Å². The Kier molecular flexibility index (Phi) is 5.86. The van der Waals surface area contributed by atoms with E-state index in [1.165, 1.54) is 35.7 Å². The quantitative estimate of drug-likeness (QED) is 0.840. The normalized spacial score (nSPS) is 16.3. The highest BCUT2D eigenvalue weighted by Crippen LogP contribution is 2.23. The summed E-state index contributed by atoms with van der Waals surface area (Å²) in [5.74, 6) is 2.55. The lowest BCUT2D eigenvalue weighted by molar-refractivity contribution is 0.302. The molecule has 0 aliphatic carbocycles. The van der Waals surface area contributed by atoms with Crippen molar-refractivity contribution < 1.29 is 5.11 Å². The summed E-state index contributed by atoms with van der Waals surface area (Å²) in [5.41, 5.74) is 2.39. The van der Waals surface area contributed by atoms with E-state index in [0.717, 1.165) is 6.54 Å².